The van der Waals surface area contributed by atoms with Crippen molar-refractivity contribution < 1.29 is 19.4 Å². The summed E-state index contributed by atoms with van der Waals surface area (Å²) in [5.74, 6) is -0.642. The molecule has 0 atom stereocenters. The molecule has 5 heteroatoms. The standard InChI is InChI=1S/C12H15NO4/c1-2-13-11(14)7-9-4-3-5-10(6-9)17-8-12(15)16/h3-6H,2,7-8H2,1H3,(H,13,14)(H,15,16). The molecule has 0 aliphatic carbocycles. The second-order valence-corrected chi connectivity index (χ2v) is 3.46. The summed E-state index contributed by atoms with van der Waals surface area (Å²) in [7, 11) is 0. The van der Waals surface area contributed by atoms with Crippen molar-refractivity contribution in [2.75, 3.05) is 13.2 Å². The third-order valence-electron chi connectivity index (χ3n) is 2.00. The smallest absolute Gasteiger partial charge is 0.341 e. The number of rotatable bonds is 6. The van der Waals surface area contributed by atoms with Crippen molar-refractivity contribution in [1.29, 1.82) is 0 Å². The van der Waals surface area contributed by atoms with Crippen LogP contribution in [0.25, 0.3) is 0 Å². The summed E-state index contributed by atoms with van der Waals surface area (Å²) < 4.78 is 5.02. The number of hydrogen-bond acceptors (Lipinski definition) is 3. The molecule has 17 heavy (non-hydrogen) atoms. The molecule has 0 aliphatic rings. The van der Waals surface area contributed by atoms with Crippen LogP contribution < -0.4 is 10.1 Å². The van der Waals surface area contributed by atoms with E-state index in [2.05, 4.69) is 5.32 Å². The van der Waals surface area contributed by atoms with Gasteiger partial charge in [0, 0.05) is 6.54 Å². The van der Waals surface area contributed by atoms with Gasteiger partial charge in [-0.3, -0.25) is 4.79 Å². The van der Waals surface area contributed by atoms with Crippen LogP contribution in [0.4, 0.5) is 0 Å². The van der Waals surface area contributed by atoms with Crippen molar-refractivity contribution in [3.8, 4) is 5.75 Å². The quantitative estimate of drug-likeness (QED) is 0.768. The third-order valence-corrected chi connectivity index (χ3v) is 2.00. The number of aliphatic carboxylic acids is 1. The summed E-state index contributed by atoms with van der Waals surface area (Å²) in [6.45, 7) is 2.06. The van der Waals surface area contributed by atoms with Crippen molar-refractivity contribution in [3.05, 3.63) is 29.8 Å². The predicted octanol–water partition coefficient (Wildman–Crippen LogP) is 0.829. The summed E-state index contributed by atoms with van der Waals surface area (Å²) in [5.41, 5.74) is 0.791. The van der Waals surface area contributed by atoms with E-state index in [0.717, 1.165) is 5.56 Å². The molecule has 0 saturated heterocycles. The lowest BCUT2D eigenvalue weighted by Gasteiger charge is -2.06. The van der Waals surface area contributed by atoms with E-state index in [9.17, 15) is 9.59 Å². The summed E-state index contributed by atoms with van der Waals surface area (Å²) in [4.78, 5) is 21.7. The Morgan fingerprint density at radius 3 is 2.82 bits per heavy atom. The van der Waals surface area contributed by atoms with Gasteiger partial charge < -0.3 is 15.2 Å². The van der Waals surface area contributed by atoms with Crippen LogP contribution in [0.2, 0.25) is 0 Å². The molecule has 1 aromatic carbocycles. The number of amides is 1. The molecule has 2 N–H and O–H groups in total. The SMILES string of the molecule is CCNC(=O)Cc1cccc(OCC(=O)O)c1. The summed E-state index contributed by atoms with van der Waals surface area (Å²) in [5, 5.41) is 11.2. The van der Waals surface area contributed by atoms with E-state index in [1.165, 1.54) is 0 Å². The van der Waals surface area contributed by atoms with E-state index in [0.29, 0.717) is 12.3 Å². The van der Waals surface area contributed by atoms with Crippen LogP contribution in [0.3, 0.4) is 0 Å². The van der Waals surface area contributed by atoms with Crippen LogP contribution in [-0.2, 0) is 16.0 Å². The Hall–Kier alpha value is -2.04. The Balaban J connectivity index is 2.59. The molecule has 1 aromatic rings. The lowest BCUT2D eigenvalue weighted by atomic mass is 10.1. The topological polar surface area (TPSA) is 75.6 Å². The van der Waals surface area contributed by atoms with Gasteiger partial charge in [0.1, 0.15) is 5.75 Å². The third kappa shape index (κ3) is 5.01. The minimum Gasteiger partial charge on any atom is -0.482 e. The van der Waals surface area contributed by atoms with Gasteiger partial charge in [-0.25, -0.2) is 4.79 Å². The van der Waals surface area contributed by atoms with Crippen molar-refractivity contribution in [1.82, 2.24) is 5.32 Å². The highest BCUT2D eigenvalue weighted by Gasteiger charge is 2.04. The number of benzene rings is 1. The number of carboxylic acids is 1. The van der Waals surface area contributed by atoms with E-state index < -0.39 is 5.97 Å². The second kappa shape index (κ2) is 6.52. The minimum absolute atomic E-state index is 0.0668. The van der Waals surface area contributed by atoms with Gasteiger partial charge in [-0.15, -0.1) is 0 Å². The first-order valence-electron chi connectivity index (χ1n) is 5.32. The molecule has 92 valence electrons. The zero-order chi connectivity index (χ0) is 12.7. The fourth-order valence-electron chi connectivity index (χ4n) is 1.34. The molecular formula is C12H15NO4. The Labute approximate surface area is 99.4 Å². The molecule has 0 radical (unpaired) electrons. The van der Waals surface area contributed by atoms with E-state index >= 15 is 0 Å². The van der Waals surface area contributed by atoms with Crippen molar-refractivity contribution in [2.45, 2.75) is 13.3 Å². The van der Waals surface area contributed by atoms with Crippen LogP contribution >= 0.6 is 0 Å². The van der Waals surface area contributed by atoms with Gasteiger partial charge in [-0.1, -0.05) is 12.1 Å². The van der Waals surface area contributed by atoms with E-state index in [1.54, 1.807) is 24.3 Å². The maximum Gasteiger partial charge on any atom is 0.341 e. The van der Waals surface area contributed by atoms with Crippen LogP contribution in [-0.4, -0.2) is 30.1 Å². The molecule has 1 rings (SSSR count). The largest absolute Gasteiger partial charge is 0.482 e. The highest BCUT2D eigenvalue weighted by Crippen LogP contribution is 2.13. The lowest BCUT2D eigenvalue weighted by Crippen LogP contribution is -2.24. The van der Waals surface area contributed by atoms with Gasteiger partial charge in [0.25, 0.3) is 0 Å². The molecule has 5 nitrogen and oxygen atoms in total. The van der Waals surface area contributed by atoms with Crippen LogP contribution in [0.5, 0.6) is 5.75 Å². The zero-order valence-corrected chi connectivity index (χ0v) is 9.60. The van der Waals surface area contributed by atoms with E-state index in [4.69, 9.17) is 9.84 Å². The van der Waals surface area contributed by atoms with Gasteiger partial charge in [0.05, 0.1) is 6.42 Å². The first-order chi connectivity index (χ1) is 8.11. The Morgan fingerprint density at radius 1 is 1.41 bits per heavy atom. The van der Waals surface area contributed by atoms with Crippen LogP contribution in [0.15, 0.2) is 24.3 Å². The number of carboxylic acid groups (broad SMARTS) is 1. The molecule has 0 spiro atoms. The molecule has 0 saturated carbocycles. The fourth-order valence-corrected chi connectivity index (χ4v) is 1.34. The average molecular weight is 237 g/mol. The Morgan fingerprint density at radius 2 is 2.18 bits per heavy atom. The maximum atomic E-state index is 11.3. The first kappa shape index (κ1) is 13.0. The Kier molecular flexibility index (Phi) is 5.00. The normalized spacial score (nSPS) is 9.71. The maximum absolute atomic E-state index is 11.3. The van der Waals surface area contributed by atoms with Crippen molar-refractivity contribution >= 4 is 11.9 Å². The van der Waals surface area contributed by atoms with E-state index in [-0.39, 0.29) is 18.9 Å². The molecule has 0 heterocycles. The summed E-state index contributed by atoms with van der Waals surface area (Å²) in [6, 6.07) is 6.84. The van der Waals surface area contributed by atoms with Gasteiger partial charge in [-0.05, 0) is 24.6 Å². The molecule has 1 amide bonds. The number of carbonyl (C=O) groups excluding carboxylic acids is 1. The lowest BCUT2D eigenvalue weighted by molar-refractivity contribution is -0.139. The first-order valence-corrected chi connectivity index (χ1v) is 5.32. The van der Waals surface area contributed by atoms with E-state index in [1.807, 2.05) is 6.92 Å². The fraction of sp³-hybridized carbons (Fsp3) is 0.333. The highest BCUT2D eigenvalue weighted by molar-refractivity contribution is 5.78. The molecule has 0 aromatic heterocycles. The van der Waals surface area contributed by atoms with Crippen molar-refractivity contribution in [3.63, 3.8) is 0 Å². The number of nitrogens with one attached hydrogen (secondary N) is 1. The number of hydrogen-bond donors (Lipinski definition) is 2. The molecule has 0 unspecified atom stereocenters. The molecular weight excluding hydrogens is 222 g/mol. The number of likely N-dealkylation sites (N-methyl/N-ethyl adjacent to an activating group) is 1. The van der Waals surface area contributed by atoms with Gasteiger partial charge in [0.15, 0.2) is 6.61 Å². The van der Waals surface area contributed by atoms with Crippen LogP contribution in [0, 0.1) is 0 Å². The Bertz CT molecular complexity index is 403. The van der Waals surface area contributed by atoms with Gasteiger partial charge >= 0.3 is 5.97 Å². The molecule has 0 bridgehead atoms. The van der Waals surface area contributed by atoms with Gasteiger partial charge in [0.2, 0.25) is 5.91 Å². The summed E-state index contributed by atoms with van der Waals surface area (Å²) in [6.07, 6.45) is 0.262. The predicted molar refractivity (Wildman–Crippen MR) is 62.0 cm³/mol. The summed E-state index contributed by atoms with van der Waals surface area (Å²) >= 11 is 0. The molecule has 0 fully saturated rings. The molecule has 0 aliphatic heterocycles. The average Bonchev–Trinajstić information content (AvgIpc) is 2.27. The van der Waals surface area contributed by atoms with Gasteiger partial charge in [-0.2, -0.15) is 0 Å². The highest BCUT2D eigenvalue weighted by atomic mass is 16.5. The van der Waals surface area contributed by atoms with Crippen LogP contribution in [0.1, 0.15) is 12.5 Å². The second-order valence-electron chi connectivity index (χ2n) is 3.46. The van der Waals surface area contributed by atoms with Crippen molar-refractivity contribution in [2.24, 2.45) is 0 Å². The zero-order valence-electron chi connectivity index (χ0n) is 9.60. The monoisotopic (exact) mass is 237 g/mol. The number of carbonyl (C=O) groups is 2. The minimum atomic E-state index is -1.03. The number of ether oxygens (including phenoxy) is 1.